The fourth-order valence-electron chi connectivity index (χ4n) is 3.44. The molecule has 2 aromatic carbocycles. The molecule has 0 unspecified atom stereocenters. The molecule has 0 bridgehead atoms. The molecule has 0 aliphatic heterocycles. The van der Waals surface area contributed by atoms with E-state index in [0.29, 0.717) is 12.1 Å². The summed E-state index contributed by atoms with van der Waals surface area (Å²) in [5.74, 6) is -1.57. The van der Waals surface area contributed by atoms with Gasteiger partial charge in [-0.25, -0.2) is 4.68 Å². The van der Waals surface area contributed by atoms with Crippen molar-refractivity contribution >= 4 is 11.8 Å². The molecule has 1 aliphatic rings. The largest absolute Gasteiger partial charge is 0.507 e. The predicted octanol–water partition coefficient (Wildman–Crippen LogP) is 1.54. The predicted molar refractivity (Wildman–Crippen MR) is 95.1 cm³/mol. The fourth-order valence-corrected chi connectivity index (χ4v) is 3.44. The molecule has 0 radical (unpaired) electrons. The Morgan fingerprint density at radius 2 is 1.81 bits per heavy atom. The molecule has 5 N–H and O–H groups in total. The van der Waals surface area contributed by atoms with E-state index >= 15 is 0 Å². The Morgan fingerprint density at radius 3 is 2.50 bits per heavy atom. The number of carbonyl (C=O) groups excluding carboxylic acids is 2. The Hall–Kier alpha value is -3.61. The molecule has 0 atom stereocenters. The van der Waals surface area contributed by atoms with E-state index in [9.17, 15) is 14.7 Å². The number of phenols is 1. The van der Waals surface area contributed by atoms with Gasteiger partial charge in [-0.15, -0.1) is 0 Å². The van der Waals surface area contributed by atoms with E-state index in [0.717, 1.165) is 28.8 Å². The van der Waals surface area contributed by atoms with Gasteiger partial charge in [0.2, 0.25) is 0 Å². The number of hydrogen-bond donors (Lipinski definition) is 3. The van der Waals surface area contributed by atoms with Gasteiger partial charge in [0.25, 0.3) is 11.8 Å². The zero-order valence-corrected chi connectivity index (χ0v) is 13.8. The van der Waals surface area contributed by atoms with Crippen molar-refractivity contribution in [2.75, 3.05) is 0 Å². The van der Waals surface area contributed by atoms with Gasteiger partial charge in [-0.1, -0.05) is 24.3 Å². The average Bonchev–Trinajstić information content (AvgIpc) is 3.01. The van der Waals surface area contributed by atoms with Crippen LogP contribution in [0.25, 0.3) is 16.9 Å². The number of nitrogens with two attached hydrogens (primary N) is 2. The maximum absolute atomic E-state index is 11.9. The van der Waals surface area contributed by atoms with E-state index in [1.807, 2.05) is 24.3 Å². The van der Waals surface area contributed by atoms with Gasteiger partial charge in [0, 0.05) is 17.2 Å². The summed E-state index contributed by atoms with van der Waals surface area (Å²) < 4.78 is 1.58. The number of primary amides is 2. The summed E-state index contributed by atoms with van der Waals surface area (Å²) in [6.45, 7) is 0. The first-order valence-electron chi connectivity index (χ1n) is 8.10. The molecule has 7 heteroatoms. The summed E-state index contributed by atoms with van der Waals surface area (Å²) in [4.78, 5) is 23.2. The Kier molecular flexibility index (Phi) is 3.50. The lowest BCUT2D eigenvalue weighted by molar-refractivity contribution is 0.0987. The van der Waals surface area contributed by atoms with Crippen LogP contribution in [0.2, 0.25) is 0 Å². The number of carbonyl (C=O) groups is 2. The van der Waals surface area contributed by atoms with Crippen LogP contribution in [0.3, 0.4) is 0 Å². The Bertz CT molecular complexity index is 1070. The van der Waals surface area contributed by atoms with Gasteiger partial charge < -0.3 is 16.6 Å². The standard InChI is InChI=1S/C19H16N4O3/c20-18(25)13-8-6-11(9-15(13)24)23-17-12-4-2-1-3-10(12)5-7-14(17)16(22-23)19(21)26/h1-4,6,8-9,24H,5,7H2,(H2,20,25)(H2,21,26). The van der Waals surface area contributed by atoms with E-state index in [1.165, 1.54) is 12.1 Å². The summed E-state index contributed by atoms with van der Waals surface area (Å²) in [7, 11) is 0. The van der Waals surface area contributed by atoms with Gasteiger partial charge in [-0.05, 0) is 30.5 Å². The maximum Gasteiger partial charge on any atom is 0.269 e. The first kappa shape index (κ1) is 15.9. The molecule has 3 aromatic rings. The minimum atomic E-state index is -0.722. The van der Waals surface area contributed by atoms with Crippen molar-refractivity contribution in [1.29, 1.82) is 0 Å². The number of hydrogen-bond acceptors (Lipinski definition) is 4. The van der Waals surface area contributed by atoms with Crippen LogP contribution in [0, 0.1) is 0 Å². The zero-order chi connectivity index (χ0) is 18.4. The molecule has 0 saturated heterocycles. The van der Waals surface area contributed by atoms with E-state index in [-0.39, 0.29) is 17.0 Å². The van der Waals surface area contributed by atoms with Crippen LogP contribution in [-0.2, 0) is 12.8 Å². The average molecular weight is 348 g/mol. The number of nitrogens with zero attached hydrogens (tertiary/aromatic N) is 2. The van der Waals surface area contributed by atoms with Gasteiger partial charge >= 0.3 is 0 Å². The highest BCUT2D eigenvalue weighted by Crippen LogP contribution is 2.37. The van der Waals surface area contributed by atoms with E-state index in [1.54, 1.807) is 10.7 Å². The summed E-state index contributed by atoms with van der Waals surface area (Å²) in [6.07, 6.45) is 1.44. The summed E-state index contributed by atoms with van der Waals surface area (Å²) in [6, 6.07) is 12.3. The first-order valence-corrected chi connectivity index (χ1v) is 8.10. The van der Waals surface area contributed by atoms with Crippen LogP contribution in [0.5, 0.6) is 5.75 Å². The molecule has 2 amide bonds. The second-order valence-electron chi connectivity index (χ2n) is 6.17. The molecule has 0 spiro atoms. The second kappa shape index (κ2) is 5.73. The third-order valence-electron chi connectivity index (χ3n) is 4.63. The number of aromatic nitrogens is 2. The SMILES string of the molecule is NC(=O)c1ccc(-n2nc(C(N)=O)c3c2-c2ccccc2CC3)cc1O. The van der Waals surface area contributed by atoms with Crippen molar-refractivity contribution < 1.29 is 14.7 Å². The molecule has 7 nitrogen and oxygen atoms in total. The molecule has 26 heavy (non-hydrogen) atoms. The minimum Gasteiger partial charge on any atom is -0.507 e. The Morgan fingerprint density at radius 1 is 1.04 bits per heavy atom. The third-order valence-corrected chi connectivity index (χ3v) is 4.63. The number of benzene rings is 2. The van der Waals surface area contributed by atoms with Gasteiger partial charge in [-0.3, -0.25) is 9.59 Å². The molecule has 4 rings (SSSR count). The summed E-state index contributed by atoms with van der Waals surface area (Å²) in [5, 5.41) is 14.5. The highest BCUT2D eigenvalue weighted by atomic mass is 16.3. The number of rotatable bonds is 3. The molecular formula is C19H16N4O3. The first-order chi connectivity index (χ1) is 12.5. The number of fused-ring (bicyclic) bond motifs is 3. The second-order valence-corrected chi connectivity index (χ2v) is 6.17. The highest BCUT2D eigenvalue weighted by Gasteiger charge is 2.28. The van der Waals surface area contributed by atoms with E-state index < -0.39 is 11.8 Å². The molecule has 1 aliphatic carbocycles. The number of aryl methyl sites for hydroxylation is 1. The topological polar surface area (TPSA) is 124 Å². The molecule has 130 valence electrons. The van der Waals surface area contributed by atoms with Gasteiger partial charge in [0.05, 0.1) is 16.9 Å². The van der Waals surface area contributed by atoms with Crippen molar-refractivity contribution in [3.05, 3.63) is 64.8 Å². The smallest absolute Gasteiger partial charge is 0.269 e. The van der Waals surface area contributed by atoms with Crippen LogP contribution in [0.4, 0.5) is 0 Å². The normalized spacial score (nSPS) is 12.3. The molecular weight excluding hydrogens is 332 g/mol. The summed E-state index contributed by atoms with van der Waals surface area (Å²) >= 11 is 0. The highest BCUT2D eigenvalue weighted by molar-refractivity contribution is 5.96. The molecule has 0 saturated carbocycles. The van der Waals surface area contributed by atoms with Crippen molar-refractivity contribution in [1.82, 2.24) is 9.78 Å². The van der Waals surface area contributed by atoms with Crippen LogP contribution in [0.15, 0.2) is 42.5 Å². The Balaban J connectivity index is 1.98. The number of aromatic hydroxyl groups is 1. The van der Waals surface area contributed by atoms with Crippen LogP contribution in [0.1, 0.15) is 32.0 Å². The lowest BCUT2D eigenvalue weighted by Crippen LogP contribution is -2.15. The van der Waals surface area contributed by atoms with Crippen molar-refractivity contribution in [2.45, 2.75) is 12.8 Å². The van der Waals surface area contributed by atoms with E-state index in [4.69, 9.17) is 11.5 Å². The van der Waals surface area contributed by atoms with Crippen LogP contribution >= 0.6 is 0 Å². The lowest BCUT2D eigenvalue weighted by atomic mass is 9.88. The monoisotopic (exact) mass is 348 g/mol. The van der Waals surface area contributed by atoms with Crippen molar-refractivity contribution in [2.24, 2.45) is 11.5 Å². The quantitative estimate of drug-likeness (QED) is 0.664. The van der Waals surface area contributed by atoms with Gasteiger partial charge in [0.1, 0.15) is 5.75 Å². The summed E-state index contributed by atoms with van der Waals surface area (Å²) in [5.41, 5.74) is 15.2. The van der Waals surface area contributed by atoms with Gasteiger partial charge in [0.15, 0.2) is 5.69 Å². The zero-order valence-electron chi connectivity index (χ0n) is 13.8. The maximum atomic E-state index is 11.9. The molecule has 1 aromatic heterocycles. The molecule has 1 heterocycles. The Labute approximate surface area is 148 Å². The van der Waals surface area contributed by atoms with Crippen LogP contribution in [-0.4, -0.2) is 26.7 Å². The minimum absolute atomic E-state index is 0.0188. The fraction of sp³-hybridized carbons (Fsp3) is 0.105. The lowest BCUT2D eigenvalue weighted by Gasteiger charge is -2.18. The van der Waals surface area contributed by atoms with E-state index in [2.05, 4.69) is 5.10 Å². The van der Waals surface area contributed by atoms with Crippen LogP contribution < -0.4 is 11.5 Å². The molecule has 0 fully saturated rings. The van der Waals surface area contributed by atoms with Crippen molar-refractivity contribution in [3.63, 3.8) is 0 Å². The number of amides is 2. The van der Waals surface area contributed by atoms with Gasteiger partial charge in [-0.2, -0.15) is 5.10 Å². The van der Waals surface area contributed by atoms with Crippen molar-refractivity contribution in [3.8, 4) is 22.7 Å². The third kappa shape index (κ3) is 2.33.